The second kappa shape index (κ2) is 9.11. The molecular weight excluding hydrogens is 299 g/mol. The van der Waals surface area contributed by atoms with Crippen LogP contribution in [0.25, 0.3) is 5.70 Å². The highest BCUT2D eigenvalue weighted by molar-refractivity contribution is 5.74. The van der Waals surface area contributed by atoms with E-state index in [0.717, 1.165) is 23.4 Å². The smallest absolute Gasteiger partial charge is 0.126 e. The average molecular weight is 328 g/mol. The van der Waals surface area contributed by atoms with E-state index < -0.39 is 0 Å². The third kappa shape index (κ3) is 5.41. The summed E-state index contributed by atoms with van der Waals surface area (Å²) in [6, 6.07) is 13.4. The molecule has 0 amide bonds. The van der Waals surface area contributed by atoms with Crippen molar-refractivity contribution >= 4 is 11.4 Å². The molecule has 0 aliphatic rings. The zero-order valence-corrected chi connectivity index (χ0v) is 15.7. The van der Waals surface area contributed by atoms with Crippen LogP contribution in [0.1, 0.15) is 23.6 Å². The van der Waals surface area contributed by atoms with Gasteiger partial charge in [0.25, 0.3) is 0 Å². The van der Waals surface area contributed by atoms with Gasteiger partial charge in [0.15, 0.2) is 0 Å². The molecule has 0 aliphatic carbocycles. The van der Waals surface area contributed by atoms with Gasteiger partial charge in [0, 0.05) is 44.6 Å². The molecule has 0 atom stereocenters. The number of benzene rings is 2. The summed E-state index contributed by atoms with van der Waals surface area (Å²) in [7, 11) is 6.14. The maximum atomic E-state index is 12.5. The van der Waals surface area contributed by atoms with Crippen LogP contribution in [0, 0.1) is 19.7 Å². The van der Waals surface area contributed by atoms with Gasteiger partial charge in [-0.2, -0.15) is 0 Å². The Bertz CT molecular complexity index is 677. The first kappa shape index (κ1) is 19.8. The van der Waals surface area contributed by atoms with E-state index in [4.69, 9.17) is 0 Å². The first-order chi connectivity index (χ1) is 11.3. The predicted octanol–water partition coefficient (Wildman–Crippen LogP) is 5.12. The van der Waals surface area contributed by atoms with Crippen LogP contribution in [0.4, 0.5) is 10.1 Å². The molecule has 0 heterocycles. The number of hydrogen-bond acceptors (Lipinski definition) is 2. The Morgan fingerprint density at radius 3 is 2.17 bits per heavy atom. The third-order valence-electron chi connectivity index (χ3n) is 3.95. The number of para-hydroxylation sites is 1. The highest BCUT2D eigenvalue weighted by Crippen LogP contribution is 2.26. The highest BCUT2D eigenvalue weighted by atomic mass is 19.1. The summed E-state index contributed by atoms with van der Waals surface area (Å²) in [5, 5.41) is 0. The second-order valence-corrected chi connectivity index (χ2v) is 6.13. The third-order valence-corrected chi connectivity index (χ3v) is 3.95. The summed E-state index contributed by atoms with van der Waals surface area (Å²) in [6.45, 7) is 11.0. The van der Waals surface area contributed by atoms with Gasteiger partial charge in [0.1, 0.15) is 5.82 Å². The van der Waals surface area contributed by atoms with Gasteiger partial charge in [-0.25, -0.2) is 4.39 Å². The molecular formula is C21H29FN2. The van der Waals surface area contributed by atoms with Crippen molar-refractivity contribution in [3.63, 3.8) is 0 Å². The van der Waals surface area contributed by atoms with Gasteiger partial charge in [-0.15, -0.1) is 0 Å². The summed E-state index contributed by atoms with van der Waals surface area (Å²) in [5.41, 5.74) is 5.31. The van der Waals surface area contributed by atoms with Crippen molar-refractivity contribution in [2.45, 2.75) is 20.8 Å². The Kier molecular flexibility index (Phi) is 7.50. The fourth-order valence-electron chi connectivity index (χ4n) is 2.26. The molecule has 2 aromatic carbocycles. The molecule has 24 heavy (non-hydrogen) atoms. The van der Waals surface area contributed by atoms with Crippen molar-refractivity contribution in [2.24, 2.45) is 0 Å². The molecule has 130 valence electrons. The van der Waals surface area contributed by atoms with Crippen molar-refractivity contribution in [2.75, 3.05) is 32.6 Å². The largest absolute Gasteiger partial charge is 0.378 e. The summed E-state index contributed by atoms with van der Waals surface area (Å²) in [4.78, 5) is 4.27. The summed E-state index contributed by atoms with van der Waals surface area (Å²) in [5.74, 6) is -0.124. The molecule has 0 fully saturated rings. The van der Waals surface area contributed by atoms with E-state index in [0.29, 0.717) is 0 Å². The molecule has 0 aromatic heterocycles. The maximum absolute atomic E-state index is 12.5. The van der Waals surface area contributed by atoms with Crippen LogP contribution in [0.15, 0.2) is 49.0 Å². The lowest BCUT2D eigenvalue weighted by molar-refractivity contribution is 0.593. The number of anilines is 1. The van der Waals surface area contributed by atoms with E-state index in [9.17, 15) is 4.39 Å². The van der Waals surface area contributed by atoms with Gasteiger partial charge in [0.05, 0.1) is 0 Å². The van der Waals surface area contributed by atoms with Crippen molar-refractivity contribution in [3.8, 4) is 0 Å². The van der Waals surface area contributed by atoms with Gasteiger partial charge in [-0.1, -0.05) is 42.5 Å². The minimum Gasteiger partial charge on any atom is -0.378 e. The van der Waals surface area contributed by atoms with E-state index in [1.807, 2.05) is 32.0 Å². The molecule has 0 bridgehead atoms. The molecule has 2 aromatic rings. The summed E-state index contributed by atoms with van der Waals surface area (Å²) in [6.07, 6.45) is 0. The first-order valence-electron chi connectivity index (χ1n) is 8.17. The SMILES string of the molecule is C=C(c1ccccc1N(C)CC)N(C)C.Cc1ccc(F)c(C)c1. The van der Waals surface area contributed by atoms with Gasteiger partial charge < -0.3 is 9.80 Å². The van der Waals surface area contributed by atoms with Crippen LogP contribution < -0.4 is 4.90 Å². The van der Waals surface area contributed by atoms with Gasteiger partial charge in [-0.3, -0.25) is 0 Å². The summed E-state index contributed by atoms with van der Waals surface area (Å²) >= 11 is 0. The zero-order valence-electron chi connectivity index (χ0n) is 15.7. The second-order valence-electron chi connectivity index (χ2n) is 6.13. The lowest BCUT2D eigenvalue weighted by atomic mass is 10.1. The Balaban J connectivity index is 0.000000272. The Morgan fingerprint density at radius 1 is 1.04 bits per heavy atom. The van der Waals surface area contributed by atoms with E-state index >= 15 is 0 Å². The summed E-state index contributed by atoms with van der Waals surface area (Å²) < 4.78 is 12.5. The van der Waals surface area contributed by atoms with Gasteiger partial charge >= 0.3 is 0 Å². The molecule has 0 N–H and O–H groups in total. The lowest BCUT2D eigenvalue weighted by Gasteiger charge is -2.24. The number of halogens is 1. The molecule has 0 saturated heterocycles. The number of hydrogen-bond donors (Lipinski definition) is 0. The number of nitrogens with zero attached hydrogens (tertiary/aromatic N) is 2. The first-order valence-corrected chi connectivity index (χ1v) is 8.17. The molecule has 2 rings (SSSR count). The van der Waals surface area contributed by atoms with Crippen molar-refractivity contribution in [1.82, 2.24) is 4.90 Å². The Labute approximate surface area is 146 Å². The van der Waals surface area contributed by atoms with E-state index in [-0.39, 0.29) is 5.82 Å². The highest BCUT2D eigenvalue weighted by Gasteiger charge is 2.09. The molecule has 0 spiro atoms. The normalized spacial score (nSPS) is 9.79. The monoisotopic (exact) mass is 328 g/mol. The number of aryl methyl sites for hydroxylation is 2. The van der Waals surface area contributed by atoms with Crippen LogP contribution in [0.2, 0.25) is 0 Å². The van der Waals surface area contributed by atoms with Gasteiger partial charge in [0.2, 0.25) is 0 Å². The maximum Gasteiger partial charge on any atom is 0.126 e. The zero-order chi connectivity index (χ0) is 18.3. The molecule has 0 radical (unpaired) electrons. The van der Waals surface area contributed by atoms with Crippen LogP contribution >= 0.6 is 0 Å². The quantitative estimate of drug-likeness (QED) is 0.769. The van der Waals surface area contributed by atoms with Crippen LogP contribution in [-0.2, 0) is 0 Å². The fraction of sp³-hybridized carbons (Fsp3) is 0.333. The number of rotatable bonds is 4. The average Bonchev–Trinajstić information content (AvgIpc) is 2.57. The molecule has 2 nitrogen and oxygen atoms in total. The molecule has 0 unspecified atom stereocenters. The Morgan fingerprint density at radius 2 is 1.67 bits per heavy atom. The molecule has 0 aliphatic heterocycles. The predicted molar refractivity (Wildman–Crippen MR) is 104 cm³/mol. The van der Waals surface area contributed by atoms with Crippen LogP contribution in [0.5, 0.6) is 0 Å². The van der Waals surface area contributed by atoms with Crippen molar-refractivity contribution in [1.29, 1.82) is 0 Å². The van der Waals surface area contributed by atoms with Crippen LogP contribution in [0.3, 0.4) is 0 Å². The minimum absolute atomic E-state index is 0.124. The van der Waals surface area contributed by atoms with Crippen LogP contribution in [-0.4, -0.2) is 32.6 Å². The van der Waals surface area contributed by atoms with Gasteiger partial charge in [-0.05, 0) is 38.5 Å². The molecule has 0 saturated carbocycles. The van der Waals surface area contributed by atoms with Crippen molar-refractivity contribution in [3.05, 3.63) is 71.6 Å². The van der Waals surface area contributed by atoms with E-state index in [1.165, 1.54) is 17.3 Å². The lowest BCUT2D eigenvalue weighted by Crippen LogP contribution is -2.19. The van der Waals surface area contributed by atoms with E-state index in [2.05, 4.69) is 49.7 Å². The molecule has 3 heteroatoms. The Hall–Kier alpha value is -2.29. The van der Waals surface area contributed by atoms with Crippen molar-refractivity contribution < 1.29 is 4.39 Å². The minimum atomic E-state index is -0.124. The van der Waals surface area contributed by atoms with E-state index in [1.54, 1.807) is 13.0 Å². The fourth-order valence-corrected chi connectivity index (χ4v) is 2.26. The standard InChI is InChI=1S/C13H20N2.C8H9F/c1-6-15(5)13-10-8-7-9-12(13)11(2)14(3)4;1-6-3-4-8(9)7(2)5-6/h7-10H,2,6H2,1,3-5H3;3-5H,1-2H3. The topological polar surface area (TPSA) is 6.48 Å².